The lowest BCUT2D eigenvalue weighted by Crippen LogP contribution is -2.29. The molecule has 2 aromatic carbocycles. The van der Waals surface area contributed by atoms with E-state index in [0.717, 1.165) is 17.9 Å². The van der Waals surface area contributed by atoms with E-state index in [-0.39, 0.29) is 24.7 Å². The van der Waals surface area contributed by atoms with Gasteiger partial charge in [-0.1, -0.05) is 35.9 Å². The van der Waals surface area contributed by atoms with Crippen molar-refractivity contribution in [2.75, 3.05) is 18.1 Å². The Kier molecular flexibility index (Phi) is 5.80. The summed E-state index contributed by atoms with van der Waals surface area (Å²) in [4.78, 5) is 11.4. The highest BCUT2D eigenvalue weighted by Crippen LogP contribution is 2.24. The van der Waals surface area contributed by atoms with Crippen molar-refractivity contribution in [3.8, 4) is 0 Å². The number of rotatable bonds is 6. The second kappa shape index (κ2) is 7.63. The molecule has 0 spiro atoms. The van der Waals surface area contributed by atoms with Gasteiger partial charge in [0.25, 0.3) is 0 Å². The third kappa shape index (κ3) is 4.69. The van der Waals surface area contributed by atoms with Gasteiger partial charge in [-0.25, -0.2) is 12.8 Å². The Bertz CT molecular complexity index is 856. The van der Waals surface area contributed by atoms with Crippen molar-refractivity contribution in [3.05, 3.63) is 58.9 Å². The number of carbonyl (C=O) groups excluding carboxylic acids is 1. The molecule has 0 fully saturated rings. The highest BCUT2D eigenvalue weighted by Gasteiger charge is 2.19. The van der Waals surface area contributed by atoms with Gasteiger partial charge in [-0.15, -0.1) is 0 Å². The molecule has 5 nitrogen and oxygen atoms in total. The summed E-state index contributed by atoms with van der Waals surface area (Å²) in [6.07, 6.45) is 0.911. The summed E-state index contributed by atoms with van der Waals surface area (Å²) in [5.41, 5.74) is 0.806. The van der Waals surface area contributed by atoms with Crippen LogP contribution in [0.5, 0.6) is 0 Å². The van der Waals surface area contributed by atoms with Gasteiger partial charge in [-0.05, 0) is 23.8 Å². The first kappa shape index (κ1) is 18.2. The van der Waals surface area contributed by atoms with E-state index in [0.29, 0.717) is 5.02 Å². The highest BCUT2D eigenvalue weighted by atomic mass is 35.5. The minimum atomic E-state index is -3.76. The summed E-state index contributed by atoms with van der Waals surface area (Å²) in [6, 6.07) is 10.9. The molecule has 1 amide bonds. The van der Waals surface area contributed by atoms with Crippen LogP contribution in [0.15, 0.2) is 47.4 Å². The molecular formula is C16H16ClFN2O3S. The van der Waals surface area contributed by atoms with E-state index in [9.17, 15) is 17.6 Å². The zero-order valence-corrected chi connectivity index (χ0v) is 14.4. The number of amides is 1. The van der Waals surface area contributed by atoms with Crippen LogP contribution in [0, 0.1) is 5.82 Å². The minimum absolute atomic E-state index is 0.0467. The Balaban J connectivity index is 2.00. The average molecular weight is 371 g/mol. The van der Waals surface area contributed by atoms with Gasteiger partial charge in [0.05, 0.1) is 12.2 Å². The number of anilines is 1. The molecule has 0 bridgehead atoms. The Morgan fingerprint density at radius 2 is 1.88 bits per heavy atom. The molecular weight excluding hydrogens is 355 g/mol. The quantitative estimate of drug-likeness (QED) is 0.819. The third-order valence-electron chi connectivity index (χ3n) is 3.21. The topological polar surface area (TPSA) is 75.3 Å². The van der Waals surface area contributed by atoms with Crippen molar-refractivity contribution >= 4 is 33.0 Å². The SMILES string of the molecule is CS(=O)(=O)c1c(F)cccc1NCC(=O)NCc1ccccc1Cl. The molecule has 0 saturated heterocycles. The Morgan fingerprint density at radius 1 is 1.17 bits per heavy atom. The summed E-state index contributed by atoms with van der Waals surface area (Å²) < 4.78 is 37.1. The molecule has 128 valence electrons. The van der Waals surface area contributed by atoms with Crippen LogP contribution < -0.4 is 10.6 Å². The smallest absolute Gasteiger partial charge is 0.239 e. The van der Waals surface area contributed by atoms with E-state index in [1.807, 2.05) is 0 Å². The predicted octanol–water partition coefficient (Wildman–Crippen LogP) is 2.61. The summed E-state index contributed by atoms with van der Waals surface area (Å²) in [5.74, 6) is -1.24. The average Bonchev–Trinajstić information content (AvgIpc) is 2.51. The van der Waals surface area contributed by atoms with Crippen molar-refractivity contribution in [3.63, 3.8) is 0 Å². The van der Waals surface area contributed by atoms with Gasteiger partial charge in [0.1, 0.15) is 10.7 Å². The lowest BCUT2D eigenvalue weighted by molar-refractivity contribution is -0.119. The van der Waals surface area contributed by atoms with E-state index in [1.54, 1.807) is 24.3 Å². The molecule has 0 aliphatic heterocycles. The first-order valence-electron chi connectivity index (χ1n) is 7.01. The summed E-state index contributed by atoms with van der Waals surface area (Å²) in [5, 5.41) is 5.84. The van der Waals surface area contributed by atoms with Crippen LogP contribution >= 0.6 is 11.6 Å². The van der Waals surface area contributed by atoms with Gasteiger partial charge in [0.15, 0.2) is 9.84 Å². The molecule has 0 aliphatic rings. The standard InChI is InChI=1S/C16H16ClFN2O3S/c1-24(22,23)16-13(18)7-4-8-14(16)19-10-15(21)20-9-11-5-2-3-6-12(11)17/h2-8,19H,9-10H2,1H3,(H,20,21). The van der Waals surface area contributed by atoms with E-state index < -0.39 is 20.5 Å². The zero-order valence-electron chi connectivity index (χ0n) is 12.8. The van der Waals surface area contributed by atoms with Crippen LogP contribution in [0.25, 0.3) is 0 Å². The van der Waals surface area contributed by atoms with E-state index in [4.69, 9.17) is 11.6 Å². The van der Waals surface area contributed by atoms with Gasteiger partial charge in [0.2, 0.25) is 5.91 Å². The number of carbonyl (C=O) groups is 1. The fourth-order valence-corrected chi connectivity index (χ4v) is 3.26. The van der Waals surface area contributed by atoms with Crippen molar-refractivity contribution in [1.29, 1.82) is 0 Å². The summed E-state index contributed by atoms with van der Waals surface area (Å²) in [7, 11) is -3.76. The summed E-state index contributed by atoms with van der Waals surface area (Å²) in [6.45, 7) is 0.0404. The largest absolute Gasteiger partial charge is 0.375 e. The highest BCUT2D eigenvalue weighted by molar-refractivity contribution is 7.90. The van der Waals surface area contributed by atoms with Crippen molar-refractivity contribution in [2.24, 2.45) is 0 Å². The van der Waals surface area contributed by atoms with Crippen LogP contribution in [0.2, 0.25) is 5.02 Å². The Morgan fingerprint density at radius 3 is 2.54 bits per heavy atom. The van der Waals surface area contributed by atoms with Gasteiger partial charge in [0, 0.05) is 17.8 Å². The fraction of sp³-hybridized carbons (Fsp3) is 0.188. The molecule has 2 N–H and O–H groups in total. The first-order chi connectivity index (χ1) is 11.3. The molecule has 0 aliphatic carbocycles. The predicted molar refractivity (Wildman–Crippen MR) is 91.3 cm³/mol. The number of nitrogens with one attached hydrogen (secondary N) is 2. The minimum Gasteiger partial charge on any atom is -0.375 e. The number of halogens is 2. The van der Waals surface area contributed by atoms with Crippen LogP contribution in [0.4, 0.5) is 10.1 Å². The molecule has 0 aromatic heterocycles. The number of hydrogen-bond donors (Lipinski definition) is 2. The van der Waals surface area contributed by atoms with Crippen molar-refractivity contribution < 1.29 is 17.6 Å². The molecule has 0 saturated carbocycles. The molecule has 0 heterocycles. The van der Waals surface area contributed by atoms with Crippen LogP contribution in [0.1, 0.15) is 5.56 Å². The van der Waals surface area contributed by atoms with Gasteiger partial charge >= 0.3 is 0 Å². The second-order valence-electron chi connectivity index (χ2n) is 5.11. The number of sulfone groups is 1. The van der Waals surface area contributed by atoms with Gasteiger partial charge in [-0.2, -0.15) is 0 Å². The first-order valence-corrected chi connectivity index (χ1v) is 9.28. The fourth-order valence-electron chi connectivity index (χ4n) is 2.10. The second-order valence-corrected chi connectivity index (χ2v) is 7.47. The van der Waals surface area contributed by atoms with Crippen molar-refractivity contribution in [2.45, 2.75) is 11.4 Å². The molecule has 24 heavy (non-hydrogen) atoms. The molecule has 8 heteroatoms. The van der Waals surface area contributed by atoms with E-state index in [2.05, 4.69) is 10.6 Å². The Hall–Kier alpha value is -2.12. The zero-order chi connectivity index (χ0) is 17.7. The van der Waals surface area contributed by atoms with E-state index >= 15 is 0 Å². The lowest BCUT2D eigenvalue weighted by atomic mass is 10.2. The molecule has 0 unspecified atom stereocenters. The third-order valence-corrected chi connectivity index (χ3v) is 4.74. The van der Waals surface area contributed by atoms with Crippen LogP contribution in [0.3, 0.4) is 0 Å². The normalized spacial score (nSPS) is 11.1. The van der Waals surface area contributed by atoms with Crippen molar-refractivity contribution in [1.82, 2.24) is 5.32 Å². The molecule has 2 rings (SSSR count). The monoisotopic (exact) mass is 370 g/mol. The molecule has 0 radical (unpaired) electrons. The summed E-state index contributed by atoms with van der Waals surface area (Å²) >= 11 is 5.99. The number of benzene rings is 2. The maximum Gasteiger partial charge on any atom is 0.239 e. The van der Waals surface area contributed by atoms with Crippen LogP contribution in [-0.2, 0) is 21.2 Å². The molecule has 2 aromatic rings. The molecule has 0 atom stereocenters. The Labute approximate surface area is 144 Å². The van der Waals surface area contributed by atoms with Crippen LogP contribution in [-0.4, -0.2) is 27.1 Å². The van der Waals surface area contributed by atoms with Gasteiger partial charge in [-0.3, -0.25) is 4.79 Å². The maximum absolute atomic E-state index is 13.7. The maximum atomic E-state index is 13.7. The van der Waals surface area contributed by atoms with E-state index in [1.165, 1.54) is 12.1 Å². The number of hydrogen-bond acceptors (Lipinski definition) is 4. The lowest BCUT2D eigenvalue weighted by Gasteiger charge is -2.12. The van der Waals surface area contributed by atoms with Gasteiger partial charge < -0.3 is 10.6 Å².